The standard InChI is InChI=1S/C22H29N3O3/c1-15(16-9-10-24-13-18(11-16)22(26)23-2)19-12-21(28-6)17(14-25(3)4)7-8-20(19)27-5/h7,9-13,18H,1,8,14H2,2-6H3,(H,23,26). The molecule has 0 spiro atoms. The fraction of sp³-hybridized carbons (Fsp3) is 0.364. The summed E-state index contributed by atoms with van der Waals surface area (Å²) in [6.07, 6.45) is 11.7. The second kappa shape index (κ2) is 9.90. The number of aliphatic imine (C=N–C) groups is 1. The van der Waals surface area contributed by atoms with Crippen molar-refractivity contribution in [3.63, 3.8) is 0 Å². The Balaban J connectivity index is 2.45. The molecule has 28 heavy (non-hydrogen) atoms. The molecule has 6 nitrogen and oxygen atoms in total. The number of allylic oxidation sites excluding steroid dienone is 6. The average Bonchev–Trinajstić information content (AvgIpc) is 3.03. The Labute approximate surface area is 167 Å². The number of methoxy groups -OCH3 is 2. The first kappa shape index (κ1) is 21.4. The van der Waals surface area contributed by atoms with Crippen LogP contribution in [0.15, 0.2) is 75.9 Å². The zero-order valence-electron chi connectivity index (χ0n) is 17.3. The second-order valence-electron chi connectivity index (χ2n) is 6.78. The molecule has 0 aromatic rings. The van der Waals surface area contributed by atoms with Crippen molar-refractivity contribution >= 4 is 12.1 Å². The van der Waals surface area contributed by atoms with Crippen LogP contribution in [0.2, 0.25) is 0 Å². The number of nitrogens with zero attached hydrogens (tertiary/aromatic N) is 2. The fourth-order valence-electron chi connectivity index (χ4n) is 3.08. The summed E-state index contributed by atoms with van der Waals surface area (Å²) in [6.45, 7) is 5.04. The maximum atomic E-state index is 12.1. The third kappa shape index (κ3) is 5.10. The number of likely N-dealkylation sites (N-methyl/N-ethyl adjacent to an activating group) is 1. The van der Waals surface area contributed by atoms with Crippen LogP contribution in [0, 0.1) is 5.92 Å². The van der Waals surface area contributed by atoms with Crippen molar-refractivity contribution in [3.8, 4) is 0 Å². The third-order valence-corrected chi connectivity index (χ3v) is 4.55. The quantitative estimate of drug-likeness (QED) is 0.734. The van der Waals surface area contributed by atoms with Crippen LogP contribution in [0.1, 0.15) is 6.42 Å². The molecule has 2 aliphatic rings. The van der Waals surface area contributed by atoms with E-state index in [0.717, 1.165) is 40.4 Å². The van der Waals surface area contributed by atoms with E-state index in [9.17, 15) is 4.79 Å². The molecule has 150 valence electrons. The number of hydrogen-bond donors (Lipinski definition) is 1. The summed E-state index contributed by atoms with van der Waals surface area (Å²) >= 11 is 0. The minimum atomic E-state index is -0.461. The lowest BCUT2D eigenvalue weighted by molar-refractivity contribution is -0.121. The molecule has 1 amide bonds. The Hall–Kier alpha value is -2.86. The molecule has 1 aliphatic carbocycles. The highest BCUT2D eigenvalue weighted by Crippen LogP contribution is 2.32. The van der Waals surface area contributed by atoms with Crippen molar-refractivity contribution in [2.24, 2.45) is 10.9 Å². The van der Waals surface area contributed by atoms with Gasteiger partial charge in [0, 0.05) is 43.6 Å². The molecule has 2 rings (SSSR count). The largest absolute Gasteiger partial charge is 0.500 e. The van der Waals surface area contributed by atoms with Crippen LogP contribution in [0.3, 0.4) is 0 Å². The van der Waals surface area contributed by atoms with Crippen molar-refractivity contribution in [2.75, 3.05) is 41.9 Å². The summed E-state index contributed by atoms with van der Waals surface area (Å²) in [5.41, 5.74) is 3.50. The molecule has 0 aromatic carbocycles. The lowest BCUT2D eigenvalue weighted by Gasteiger charge is -2.16. The predicted molar refractivity (Wildman–Crippen MR) is 113 cm³/mol. The number of carbonyl (C=O) groups is 1. The van der Waals surface area contributed by atoms with Gasteiger partial charge in [0.25, 0.3) is 0 Å². The van der Waals surface area contributed by atoms with Gasteiger partial charge in [-0.15, -0.1) is 0 Å². The molecule has 0 fully saturated rings. The van der Waals surface area contributed by atoms with E-state index in [4.69, 9.17) is 9.47 Å². The second-order valence-corrected chi connectivity index (χ2v) is 6.78. The summed E-state index contributed by atoms with van der Waals surface area (Å²) < 4.78 is 11.3. The SMILES string of the molecule is C=C(C1=CC(C(=O)NC)C=NC=C1)C1=C(OC)CC=C(CN(C)C)C(OC)=C1. The van der Waals surface area contributed by atoms with E-state index in [2.05, 4.69) is 27.9 Å². The van der Waals surface area contributed by atoms with Gasteiger partial charge in [-0.25, -0.2) is 0 Å². The maximum Gasteiger partial charge on any atom is 0.232 e. The first-order valence-corrected chi connectivity index (χ1v) is 9.11. The highest BCUT2D eigenvalue weighted by atomic mass is 16.5. The van der Waals surface area contributed by atoms with Gasteiger partial charge in [0.1, 0.15) is 11.5 Å². The van der Waals surface area contributed by atoms with Crippen molar-refractivity contribution in [1.82, 2.24) is 10.2 Å². The molecule has 0 saturated carbocycles. The van der Waals surface area contributed by atoms with Crippen LogP contribution in [-0.4, -0.2) is 58.9 Å². The zero-order valence-corrected chi connectivity index (χ0v) is 17.3. The summed E-state index contributed by atoms with van der Waals surface area (Å²) in [6, 6.07) is 0. The molecule has 0 saturated heterocycles. The lowest BCUT2D eigenvalue weighted by Crippen LogP contribution is -2.27. The van der Waals surface area contributed by atoms with Gasteiger partial charge in [-0.3, -0.25) is 9.79 Å². The van der Waals surface area contributed by atoms with E-state index < -0.39 is 5.92 Å². The average molecular weight is 383 g/mol. The summed E-state index contributed by atoms with van der Waals surface area (Å²) in [7, 11) is 8.96. The van der Waals surface area contributed by atoms with Crippen LogP contribution < -0.4 is 5.32 Å². The molecule has 6 heteroatoms. The number of amides is 1. The number of rotatable bonds is 7. The molecular formula is C22H29N3O3. The smallest absolute Gasteiger partial charge is 0.232 e. The Morgan fingerprint density at radius 3 is 2.71 bits per heavy atom. The van der Waals surface area contributed by atoms with Crippen molar-refractivity contribution in [3.05, 3.63) is 70.9 Å². The monoisotopic (exact) mass is 383 g/mol. The normalized spacial score (nSPS) is 19.4. The van der Waals surface area contributed by atoms with Gasteiger partial charge >= 0.3 is 0 Å². The van der Waals surface area contributed by atoms with Crippen LogP contribution in [0.4, 0.5) is 0 Å². The molecule has 1 aliphatic heterocycles. The van der Waals surface area contributed by atoms with Gasteiger partial charge < -0.3 is 19.7 Å². The van der Waals surface area contributed by atoms with Gasteiger partial charge in [-0.1, -0.05) is 18.7 Å². The van der Waals surface area contributed by atoms with Gasteiger partial charge in [0.2, 0.25) is 5.91 Å². The van der Waals surface area contributed by atoms with E-state index >= 15 is 0 Å². The molecule has 0 aromatic heterocycles. The van der Waals surface area contributed by atoms with Crippen LogP contribution in [0.5, 0.6) is 0 Å². The predicted octanol–water partition coefficient (Wildman–Crippen LogP) is 2.75. The molecule has 0 bridgehead atoms. The molecular weight excluding hydrogens is 354 g/mol. The maximum absolute atomic E-state index is 12.1. The highest BCUT2D eigenvalue weighted by molar-refractivity contribution is 5.96. The molecule has 1 atom stereocenters. The number of nitrogens with one attached hydrogen (secondary N) is 1. The molecule has 1 heterocycles. The molecule has 1 N–H and O–H groups in total. The first-order valence-electron chi connectivity index (χ1n) is 9.11. The van der Waals surface area contributed by atoms with Gasteiger partial charge in [0.05, 0.1) is 20.1 Å². The lowest BCUT2D eigenvalue weighted by atomic mass is 9.94. The van der Waals surface area contributed by atoms with E-state index in [1.54, 1.807) is 33.7 Å². The van der Waals surface area contributed by atoms with Crippen LogP contribution >= 0.6 is 0 Å². The zero-order chi connectivity index (χ0) is 20.7. The van der Waals surface area contributed by atoms with Crippen LogP contribution in [0.25, 0.3) is 0 Å². The Bertz CT molecular complexity index is 811. The van der Waals surface area contributed by atoms with Gasteiger partial charge in [-0.05, 0) is 37.4 Å². The molecule has 1 unspecified atom stereocenters. The number of ether oxygens (including phenoxy) is 2. The first-order chi connectivity index (χ1) is 13.4. The topological polar surface area (TPSA) is 63.2 Å². The van der Waals surface area contributed by atoms with Crippen molar-refractivity contribution < 1.29 is 14.3 Å². The van der Waals surface area contributed by atoms with Crippen molar-refractivity contribution in [2.45, 2.75) is 6.42 Å². The van der Waals surface area contributed by atoms with E-state index in [1.807, 2.05) is 32.3 Å². The third-order valence-electron chi connectivity index (χ3n) is 4.55. The highest BCUT2D eigenvalue weighted by Gasteiger charge is 2.21. The summed E-state index contributed by atoms with van der Waals surface area (Å²) in [5.74, 6) is 0.985. The Kier molecular flexibility index (Phi) is 7.58. The van der Waals surface area contributed by atoms with E-state index in [0.29, 0.717) is 6.42 Å². The van der Waals surface area contributed by atoms with Gasteiger partial charge in [-0.2, -0.15) is 0 Å². The molecule has 0 radical (unpaired) electrons. The minimum absolute atomic E-state index is 0.123. The van der Waals surface area contributed by atoms with Gasteiger partial charge in [0.15, 0.2) is 0 Å². The summed E-state index contributed by atoms with van der Waals surface area (Å²) in [4.78, 5) is 18.4. The van der Waals surface area contributed by atoms with Crippen LogP contribution in [-0.2, 0) is 14.3 Å². The summed E-state index contributed by atoms with van der Waals surface area (Å²) in [5, 5.41) is 2.66. The van der Waals surface area contributed by atoms with E-state index in [-0.39, 0.29) is 5.91 Å². The minimum Gasteiger partial charge on any atom is -0.500 e. The Morgan fingerprint density at radius 1 is 1.36 bits per heavy atom. The fourth-order valence-corrected chi connectivity index (χ4v) is 3.08. The Morgan fingerprint density at radius 2 is 2.11 bits per heavy atom. The number of carbonyl (C=O) groups excluding carboxylic acids is 1. The van der Waals surface area contributed by atoms with Crippen molar-refractivity contribution in [1.29, 1.82) is 0 Å². The number of hydrogen-bond acceptors (Lipinski definition) is 5. The van der Waals surface area contributed by atoms with E-state index in [1.165, 1.54) is 0 Å².